The first kappa shape index (κ1) is 17.3. The smallest absolute Gasteiger partial charge is 0.0183 e. The van der Waals surface area contributed by atoms with Crippen molar-refractivity contribution in [1.82, 2.24) is 0 Å². The van der Waals surface area contributed by atoms with Crippen LogP contribution in [0.4, 0.5) is 0 Å². The van der Waals surface area contributed by atoms with Gasteiger partial charge in [0.05, 0.1) is 0 Å². The van der Waals surface area contributed by atoms with E-state index in [0.717, 1.165) is 0 Å². The van der Waals surface area contributed by atoms with E-state index in [2.05, 4.69) is 79.7 Å². The average molecular weight is 274 g/mol. The Bertz CT molecular complexity index is 373. The molecule has 1 rings (SSSR count). The fourth-order valence-corrected chi connectivity index (χ4v) is 3.47. The molecule has 1 aromatic carbocycles. The van der Waals surface area contributed by atoms with Gasteiger partial charge in [-0.05, 0) is 46.6 Å². The van der Waals surface area contributed by atoms with Gasteiger partial charge in [0, 0.05) is 0 Å². The number of rotatable bonds is 4. The molecule has 0 bridgehead atoms. The van der Waals surface area contributed by atoms with E-state index in [1.54, 1.807) is 11.1 Å². The Hall–Kier alpha value is -0.780. The van der Waals surface area contributed by atoms with Gasteiger partial charge in [0.2, 0.25) is 0 Å². The van der Waals surface area contributed by atoms with E-state index in [4.69, 9.17) is 0 Å². The van der Waals surface area contributed by atoms with Crippen LogP contribution in [0.1, 0.15) is 91.2 Å². The van der Waals surface area contributed by atoms with E-state index in [0.29, 0.717) is 22.7 Å². The summed E-state index contributed by atoms with van der Waals surface area (Å²) in [5.41, 5.74) is 3.89. The van der Waals surface area contributed by atoms with E-state index >= 15 is 0 Å². The molecule has 0 fully saturated rings. The first-order chi connectivity index (χ1) is 8.99. The SMILES string of the molecule is CC(CC(C)(C)C)c1ccccc1C(C)CC(C)(C)C. The quantitative estimate of drug-likeness (QED) is 0.568. The van der Waals surface area contributed by atoms with Crippen molar-refractivity contribution in [3.05, 3.63) is 35.4 Å². The molecule has 114 valence electrons. The maximum atomic E-state index is 2.38. The summed E-state index contributed by atoms with van der Waals surface area (Å²) in [7, 11) is 0. The second-order valence-electron chi connectivity index (χ2n) is 8.96. The Morgan fingerprint density at radius 2 is 1.00 bits per heavy atom. The predicted molar refractivity (Wildman–Crippen MR) is 91.4 cm³/mol. The largest absolute Gasteiger partial charge is 0.0620 e. The lowest BCUT2D eigenvalue weighted by Gasteiger charge is -2.29. The number of hydrogen-bond donors (Lipinski definition) is 0. The molecule has 0 radical (unpaired) electrons. The zero-order valence-electron chi connectivity index (χ0n) is 14.9. The summed E-state index contributed by atoms with van der Waals surface area (Å²) in [4.78, 5) is 0. The lowest BCUT2D eigenvalue weighted by atomic mass is 9.76. The van der Waals surface area contributed by atoms with Crippen molar-refractivity contribution >= 4 is 0 Å². The molecule has 1 aromatic rings. The average Bonchev–Trinajstić information content (AvgIpc) is 2.24. The van der Waals surface area contributed by atoms with Gasteiger partial charge in [-0.25, -0.2) is 0 Å². The highest BCUT2D eigenvalue weighted by atomic mass is 14.3. The molecule has 0 aromatic heterocycles. The molecule has 0 heterocycles. The van der Waals surface area contributed by atoms with Crippen LogP contribution in [0.25, 0.3) is 0 Å². The predicted octanol–water partition coefficient (Wildman–Crippen LogP) is 6.77. The van der Waals surface area contributed by atoms with Crippen LogP contribution < -0.4 is 0 Å². The van der Waals surface area contributed by atoms with Gasteiger partial charge in [-0.2, -0.15) is 0 Å². The number of benzene rings is 1. The third-order valence-electron chi connectivity index (χ3n) is 3.89. The van der Waals surface area contributed by atoms with Crippen molar-refractivity contribution in [3.8, 4) is 0 Å². The van der Waals surface area contributed by atoms with E-state index in [-0.39, 0.29) is 0 Å². The summed E-state index contributed by atoms with van der Waals surface area (Å²) in [6, 6.07) is 9.07. The van der Waals surface area contributed by atoms with Crippen LogP contribution in [0, 0.1) is 10.8 Å². The molecule has 0 nitrogen and oxygen atoms in total. The second kappa shape index (κ2) is 6.33. The number of hydrogen-bond acceptors (Lipinski definition) is 0. The molecule has 0 aliphatic rings. The Labute approximate surface area is 127 Å². The van der Waals surface area contributed by atoms with Crippen LogP contribution in [-0.4, -0.2) is 0 Å². The van der Waals surface area contributed by atoms with E-state index in [1.807, 2.05) is 0 Å². The Morgan fingerprint density at radius 1 is 0.700 bits per heavy atom. The van der Waals surface area contributed by atoms with Gasteiger partial charge in [0.1, 0.15) is 0 Å². The molecule has 20 heavy (non-hydrogen) atoms. The third kappa shape index (κ3) is 5.69. The minimum atomic E-state index is 0.389. The summed E-state index contributed by atoms with van der Waals surface area (Å²) in [6.07, 6.45) is 2.48. The summed E-state index contributed by atoms with van der Waals surface area (Å²) in [5, 5.41) is 0. The van der Waals surface area contributed by atoms with Crippen LogP contribution in [0.3, 0.4) is 0 Å². The van der Waals surface area contributed by atoms with Crippen molar-refractivity contribution in [2.75, 3.05) is 0 Å². The molecule has 0 aliphatic heterocycles. The van der Waals surface area contributed by atoms with Crippen molar-refractivity contribution in [3.63, 3.8) is 0 Å². The maximum Gasteiger partial charge on any atom is -0.0183 e. The fourth-order valence-electron chi connectivity index (χ4n) is 3.47. The molecule has 0 heteroatoms. The molecule has 0 aliphatic carbocycles. The zero-order chi connectivity index (χ0) is 15.6. The van der Waals surface area contributed by atoms with Gasteiger partial charge < -0.3 is 0 Å². The highest BCUT2D eigenvalue weighted by molar-refractivity contribution is 5.33. The van der Waals surface area contributed by atoms with Gasteiger partial charge in [-0.1, -0.05) is 79.7 Å². The third-order valence-corrected chi connectivity index (χ3v) is 3.89. The molecule has 0 spiro atoms. The summed E-state index contributed by atoms with van der Waals surface area (Å²) in [5.74, 6) is 1.27. The molecular formula is C20H34. The van der Waals surface area contributed by atoms with Gasteiger partial charge in [0.25, 0.3) is 0 Å². The molecular weight excluding hydrogens is 240 g/mol. The summed E-state index contributed by atoms with van der Waals surface area (Å²) < 4.78 is 0. The van der Waals surface area contributed by atoms with Gasteiger partial charge in [-0.3, -0.25) is 0 Å². The van der Waals surface area contributed by atoms with Gasteiger partial charge in [-0.15, -0.1) is 0 Å². The molecule has 0 saturated carbocycles. The Morgan fingerprint density at radius 3 is 1.25 bits per heavy atom. The lowest BCUT2D eigenvalue weighted by Crippen LogP contribution is -2.14. The normalized spacial score (nSPS) is 16.0. The van der Waals surface area contributed by atoms with Gasteiger partial charge in [0.15, 0.2) is 0 Å². The monoisotopic (exact) mass is 274 g/mol. The van der Waals surface area contributed by atoms with Crippen LogP contribution in [-0.2, 0) is 0 Å². The summed E-state index contributed by atoms with van der Waals surface area (Å²) >= 11 is 0. The highest BCUT2D eigenvalue weighted by Crippen LogP contribution is 2.38. The van der Waals surface area contributed by atoms with Crippen LogP contribution in [0.5, 0.6) is 0 Å². The molecule has 2 atom stereocenters. The molecule has 0 saturated heterocycles. The Kier molecular flexibility index (Phi) is 5.46. The highest BCUT2D eigenvalue weighted by Gasteiger charge is 2.22. The van der Waals surface area contributed by atoms with Crippen LogP contribution in [0.2, 0.25) is 0 Å². The minimum absolute atomic E-state index is 0.389. The van der Waals surface area contributed by atoms with Crippen molar-refractivity contribution in [2.24, 2.45) is 10.8 Å². The van der Waals surface area contributed by atoms with Crippen LogP contribution >= 0.6 is 0 Å². The molecule has 0 N–H and O–H groups in total. The van der Waals surface area contributed by atoms with Crippen molar-refractivity contribution < 1.29 is 0 Å². The first-order valence-electron chi connectivity index (χ1n) is 8.08. The van der Waals surface area contributed by atoms with Gasteiger partial charge >= 0.3 is 0 Å². The topological polar surface area (TPSA) is 0 Å². The standard InChI is InChI=1S/C20H34/c1-15(13-19(3,4)5)17-11-9-10-12-18(17)16(2)14-20(6,7)8/h9-12,15-16H,13-14H2,1-8H3. The molecule has 2 unspecified atom stereocenters. The molecule has 0 amide bonds. The maximum absolute atomic E-state index is 2.38. The second-order valence-corrected chi connectivity index (χ2v) is 8.96. The Balaban J connectivity index is 2.98. The van der Waals surface area contributed by atoms with E-state index in [1.165, 1.54) is 12.8 Å². The van der Waals surface area contributed by atoms with E-state index in [9.17, 15) is 0 Å². The van der Waals surface area contributed by atoms with Crippen molar-refractivity contribution in [2.45, 2.75) is 80.1 Å². The first-order valence-corrected chi connectivity index (χ1v) is 8.08. The fraction of sp³-hybridized carbons (Fsp3) is 0.700. The lowest BCUT2D eigenvalue weighted by molar-refractivity contribution is 0.337. The van der Waals surface area contributed by atoms with E-state index < -0.39 is 0 Å². The van der Waals surface area contributed by atoms with Crippen LogP contribution in [0.15, 0.2) is 24.3 Å². The zero-order valence-corrected chi connectivity index (χ0v) is 14.9. The summed E-state index contributed by atoms with van der Waals surface area (Å²) in [6.45, 7) is 18.8. The minimum Gasteiger partial charge on any atom is -0.0620 e. The van der Waals surface area contributed by atoms with Crippen molar-refractivity contribution in [1.29, 1.82) is 0 Å².